The lowest BCUT2D eigenvalue weighted by molar-refractivity contribution is -0.922. The van der Waals surface area contributed by atoms with Crippen LogP contribution in [0.5, 0.6) is 5.75 Å². The number of piperidine rings is 1. The molecule has 0 radical (unpaired) electrons. The minimum absolute atomic E-state index is 0.257. The van der Waals surface area contributed by atoms with Crippen LogP contribution in [-0.2, 0) is 18.7 Å². The first-order valence-corrected chi connectivity index (χ1v) is 9.76. The van der Waals surface area contributed by atoms with Crippen LogP contribution in [0.1, 0.15) is 29.8 Å². The highest BCUT2D eigenvalue weighted by atomic mass is 19.1. The summed E-state index contributed by atoms with van der Waals surface area (Å²) in [4.78, 5) is 1.33. The van der Waals surface area contributed by atoms with Crippen LogP contribution in [0.2, 0.25) is 0 Å². The van der Waals surface area contributed by atoms with Gasteiger partial charge in [0.25, 0.3) is 0 Å². The Morgan fingerprint density at radius 2 is 1.79 bits per heavy atom. The van der Waals surface area contributed by atoms with Gasteiger partial charge in [-0.1, -0.05) is 24.3 Å². The summed E-state index contributed by atoms with van der Waals surface area (Å²) in [5, 5.41) is 23.1. The molecule has 8 heteroatoms. The second-order valence-electron chi connectivity index (χ2n) is 7.57. The molecule has 7 nitrogen and oxygen atoms in total. The number of benzene rings is 2. The third-order valence-corrected chi connectivity index (χ3v) is 5.67. The Hall–Kier alpha value is -2.84. The molecule has 0 bridgehead atoms. The van der Waals surface area contributed by atoms with Gasteiger partial charge in [-0.2, -0.15) is 0 Å². The maximum atomic E-state index is 13.1. The molecule has 2 N–H and O–H groups in total. The van der Waals surface area contributed by atoms with Gasteiger partial charge in [0.1, 0.15) is 23.7 Å². The smallest absolute Gasteiger partial charge is 0.206 e. The Morgan fingerprint density at radius 3 is 2.45 bits per heavy atom. The average molecular weight is 398 g/mol. The summed E-state index contributed by atoms with van der Waals surface area (Å²) in [6.45, 7) is 2.84. The van der Waals surface area contributed by atoms with Gasteiger partial charge in [-0.05, 0) is 45.8 Å². The number of hydrogen-bond donors (Lipinski definition) is 2. The molecule has 29 heavy (non-hydrogen) atoms. The first-order valence-electron chi connectivity index (χ1n) is 9.76. The molecule has 0 atom stereocenters. The number of tetrazole rings is 1. The van der Waals surface area contributed by atoms with Crippen LogP contribution in [0, 0.1) is 5.82 Å². The zero-order chi connectivity index (χ0) is 20.3. The summed E-state index contributed by atoms with van der Waals surface area (Å²) in [5.41, 5.74) is 1.07. The van der Waals surface area contributed by atoms with E-state index in [4.69, 9.17) is 4.74 Å². The summed E-state index contributed by atoms with van der Waals surface area (Å²) < 4.78 is 20.1. The van der Waals surface area contributed by atoms with Crippen molar-refractivity contribution in [3.05, 3.63) is 71.3 Å². The summed E-state index contributed by atoms with van der Waals surface area (Å²) in [6.07, 6.45) is 1.35. The van der Waals surface area contributed by atoms with Crippen molar-refractivity contribution in [2.75, 3.05) is 20.2 Å². The number of nitrogens with zero attached hydrogens (tertiary/aromatic N) is 4. The minimum atomic E-state index is -0.810. The molecule has 0 amide bonds. The molecule has 0 saturated carbocycles. The van der Waals surface area contributed by atoms with E-state index in [2.05, 4.69) is 15.5 Å². The first-order chi connectivity index (χ1) is 14.1. The van der Waals surface area contributed by atoms with Crippen LogP contribution in [0.4, 0.5) is 4.39 Å². The van der Waals surface area contributed by atoms with E-state index in [0.717, 1.165) is 35.8 Å². The van der Waals surface area contributed by atoms with E-state index in [1.54, 1.807) is 23.9 Å². The number of ether oxygens (including phenoxy) is 1. The fourth-order valence-corrected chi connectivity index (χ4v) is 3.84. The van der Waals surface area contributed by atoms with Gasteiger partial charge in [-0.25, -0.2) is 9.07 Å². The molecule has 1 aliphatic rings. The fraction of sp³-hybridized carbons (Fsp3) is 0.381. The Kier molecular flexibility index (Phi) is 5.55. The number of likely N-dealkylation sites (tertiary alicyclic amines) is 1. The molecule has 1 aromatic heterocycles. The van der Waals surface area contributed by atoms with Gasteiger partial charge in [-0.3, -0.25) is 0 Å². The maximum absolute atomic E-state index is 13.1. The highest BCUT2D eigenvalue weighted by Crippen LogP contribution is 2.30. The van der Waals surface area contributed by atoms with E-state index in [1.165, 1.54) is 17.0 Å². The normalized spacial score (nSPS) is 21.8. The molecule has 0 unspecified atom stereocenters. The van der Waals surface area contributed by atoms with Gasteiger partial charge in [0, 0.05) is 12.8 Å². The number of quaternary nitrogens is 1. The Morgan fingerprint density at radius 1 is 1.10 bits per heavy atom. The quantitative estimate of drug-likeness (QED) is 0.646. The Bertz CT molecular complexity index is 934. The average Bonchev–Trinajstić information content (AvgIpc) is 3.18. The van der Waals surface area contributed by atoms with Gasteiger partial charge in [0.2, 0.25) is 5.82 Å². The fourth-order valence-electron chi connectivity index (χ4n) is 3.84. The van der Waals surface area contributed by atoms with E-state index in [9.17, 15) is 9.50 Å². The van der Waals surface area contributed by atoms with Crippen LogP contribution in [0.25, 0.3) is 0 Å². The number of nitrogens with one attached hydrogen (secondary N) is 1. The summed E-state index contributed by atoms with van der Waals surface area (Å²) in [7, 11) is 1.63. The van der Waals surface area contributed by atoms with E-state index in [-0.39, 0.29) is 5.82 Å². The second kappa shape index (κ2) is 8.26. The monoisotopic (exact) mass is 398 g/mol. The standard InChI is InChI=1S/C21H24FN5O2/c1-29-19-8-4-17(5-9-19)21(28)10-12-26(13-11-21)15-20-23-24-25-27(20)14-16-2-6-18(22)7-3-16/h2-9,28H,10-15H2,1H3/p+1. The van der Waals surface area contributed by atoms with Crippen molar-refractivity contribution in [3.8, 4) is 5.75 Å². The molecule has 3 aromatic rings. The maximum Gasteiger partial charge on any atom is 0.206 e. The highest BCUT2D eigenvalue weighted by molar-refractivity contribution is 5.31. The topological polar surface area (TPSA) is 77.5 Å². The molecule has 2 aromatic carbocycles. The van der Waals surface area contributed by atoms with E-state index in [0.29, 0.717) is 25.9 Å². The number of aromatic nitrogens is 4. The lowest BCUT2D eigenvalue weighted by Crippen LogP contribution is -3.12. The van der Waals surface area contributed by atoms with Crippen molar-refractivity contribution < 1.29 is 19.1 Å². The molecule has 1 saturated heterocycles. The van der Waals surface area contributed by atoms with Crippen molar-refractivity contribution in [1.29, 1.82) is 0 Å². The summed E-state index contributed by atoms with van der Waals surface area (Å²) >= 11 is 0. The number of hydrogen-bond acceptors (Lipinski definition) is 5. The molecular formula is C21H25FN5O2+. The highest BCUT2D eigenvalue weighted by Gasteiger charge is 2.36. The molecule has 4 rings (SSSR count). The van der Waals surface area contributed by atoms with E-state index in [1.807, 2.05) is 24.3 Å². The largest absolute Gasteiger partial charge is 0.497 e. The van der Waals surface area contributed by atoms with Gasteiger partial charge in [0.15, 0.2) is 0 Å². The van der Waals surface area contributed by atoms with Crippen LogP contribution in [-0.4, -0.2) is 45.5 Å². The van der Waals surface area contributed by atoms with Crippen LogP contribution in [0.3, 0.4) is 0 Å². The summed E-state index contributed by atoms with van der Waals surface area (Å²) in [5.74, 6) is 1.32. The van der Waals surface area contributed by atoms with Gasteiger partial charge < -0.3 is 14.7 Å². The van der Waals surface area contributed by atoms with Crippen molar-refractivity contribution in [3.63, 3.8) is 0 Å². The molecule has 2 heterocycles. The van der Waals surface area contributed by atoms with Gasteiger partial charge >= 0.3 is 0 Å². The lowest BCUT2D eigenvalue weighted by atomic mass is 9.84. The predicted octanol–water partition coefficient (Wildman–Crippen LogP) is 0.936. The Labute approximate surface area is 168 Å². The number of methoxy groups -OCH3 is 1. The van der Waals surface area contributed by atoms with Gasteiger partial charge in [-0.15, -0.1) is 5.10 Å². The van der Waals surface area contributed by atoms with Crippen LogP contribution >= 0.6 is 0 Å². The van der Waals surface area contributed by atoms with Crippen LogP contribution in [0.15, 0.2) is 48.5 Å². The summed E-state index contributed by atoms with van der Waals surface area (Å²) in [6, 6.07) is 14.0. The predicted molar refractivity (Wildman–Crippen MR) is 104 cm³/mol. The molecule has 0 aliphatic carbocycles. The van der Waals surface area contributed by atoms with Crippen molar-refractivity contribution >= 4 is 0 Å². The SMILES string of the molecule is COc1ccc(C2(O)CC[NH+](Cc3nnnn3Cc3ccc(F)cc3)CC2)cc1. The van der Waals surface area contributed by atoms with E-state index >= 15 is 0 Å². The third-order valence-electron chi connectivity index (χ3n) is 5.67. The molecule has 152 valence electrons. The van der Waals surface area contributed by atoms with E-state index < -0.39 is 5.60 Å². The zero-order valence-electron chi connectivity index (χ0n) is 16.4. The molecule has 1 aliphatic heterocycles. The number of halogens is 1. The van der Waals surface area contributed by atoms with Gasteiger partial charge in [0.05, 0.1) is 26.7 Å². The molecule has 0 spiro atoms. The zero-order valence-corrected chi connectivity index (χ0v) is 16.4. The third kappa shape index (κ3) is 4.44. The molecular weight excluding hydrogens is 373 g/mol. The molecule has 1 fully saturated rings. The first kappa shape index (κ1) is 19.5. The Balaban J connectivity index is 1.37. The second-order valence-corrected chi connectivity index (χ2v) is 7.57. The van der Waals surface area contributed by atoms with Crippen LogP contribution < -0.4 is 9.64 Å². The number of aliphatic hydroxyl groups is 1. The van der Waals surface area contributed by atoms with Crippen molar-refractivity contribution in [2.24, 2.45) is 0 Å². The van der Waals surface area contributed by atoms with Crippen molar-refractivity contribution in [1.82, 2.24) is 20.2 Å². The van der Waals surface area contributed by atoms with Crippen molar-refractivity contribution in [2.45, 2.75) is 31.5 Å². The minimum Gasteiger partial charge on any atom is -0.497 e. The number of rotatable bonds is 6. The lowest BCUT2D eigenvalue weighted by Gasteiger charge is -2.36.